The lowest BCUT2D eigenvalue weighted by atomic mass is 10.2. The van der Waals surface area contributed by atoms with Gasteiger partial charge in [0.25, 0.3) is 5.91 Å². The van der Waals surface area contributed by atoms with Gasteiger partial charge in [0, 0.05) is 31.7 Å². The number of hydrogen-bond acceptors (Lipinski definition) is 3. The first-order chi connectivity index (χ1) is 11.2. The number of guanidine groups is 1. The zero-order chi connectivity index (χ0) is 16.5. The molecule has 0 aliphatic heterocycles. The summed E-state index contributed by atoms with van der Waals surface area (Å²) in [5.74, 6) is 0.725. The summed E-state index contributed by atoms with van der Waals surface area (Å²) in [5.41, 5.74) is 1.10. The van der Waals surface area contributed by atoms with Gasteiger partial charge in [0.1, 0.15) is 0 Å². The number of rotatable bonds is 6. The van der Waals surface area contributed by atoms with Gasteiger partial charge in [-0.15, -0.1) is 24.0 Å². The predicted molar refractivity (Wildman–Crippen MR) is 106 cm³/mol. The molecule has 24 heavy (non-hydrogen) atoms. The highest BCUT2D eigenvalue weighted by atomic mass is 127. The Morgan fingerprint density at radius 1 is 1.12 bits per heavy atom. The molecule has 0 aliphatic rings. The van der Waals surface area contributed by atoms with Crippen LogP contribution in [0.25, 0.3) is 0 Å². The lowest BCUT2D eigenvalue weighted by molar-refractivity contribution is 0.0926. The molecule has 1 aromatic carbocycles. The minimum atomic E-state index is -0.235. The zero-order valence-electron chi connectivity index (χ0n) is 13.2. The molecule has 130 valence electrons. The van der Waals surface area contributed by atoms with Crippen LogP contribution in [0.3, 0.4) is 0 Å². The van der Waals surface area contributed by atoms with Gasteiger partial charge in [-0.2, -0.15) is 0 Å². The maximum absolute atomic E-state index is 11.7. The second kappa shape index (κ2) is 10.9. The van der Waals surface area contributed by atoms with E-state index in [0.29, 0.717) is 36.4 Å². The van der Waals surface area contributed by atoms with Crippen molar-refractivity contribution in [3.63, 3.8) is 0 Å². The van der Waals surface area contributed by atoms with E-state index in [1.807, 2.05) is 24.3 Å². The molecule has 0 fully saturated rings. The summed E-state index contributed by atoms with van der Waals surface area (Å²) < 4.78 is 5.01. The van der Waals surface area contributed by atoms with E-state index in [1.165, 1.54) is 6.26 Å². The fourth-order valence-electron chi connectivity index (χ4n) is 1.86. The van der Waals surface area contributed by atoms with E-state index in [9.17, 15) is 4.79 Å². The van der Waals surface area contributed by atoms with Crippen molar-refractivity contribution in [1.29, 1.82) is 0 Å². The lowest BCUT2D eigenvalue weighted by Gasteiger charge is -2.12. The number of nitrogens with one attached hydrogen (secondary N) is 3. The fraction of sp³-hybridized carbons (Fsp3) is 0.250. The van der Waals surface area contributed by atoms with Crippen molar-refractivity contribution in [3.8, 4) is 0 Å². The van der Waals surface area contributed by atoms with E-state index < -0.39 is 0 Å². The van der Waals surface area contributed by atoms with Crippen LogP contribution in [0.5, 0.6) is 0 Å². The summed E-state index contributed by atoms with van der Waals surface area (Å²) in [5, 5.41) is 9.77. The number of carbonyl (C=O) groups is 1. The van der Waals surface area contributed by atoms with Crippen molar-refractivity contribution < 1.29 is 9.21 Å². The minimum Gasteiger partial charge on any atom is -0.459 e. The van der Waals surface area contributed by atoms with Crippen molar-refractivity contribution >= 4 is 47.4 Å². The van der Waals surface area contributed by atoms with Gasteiger partial charge in [0.2, 0.25) is 0 Å². The van der Waals surface area contributed by atoms with Gasteiger partial charge in [-0.1, -0.05) is 23.7 Å². The van der Waals surface area contributed by atoms with Crippen LogP contribution >= 0.6 is 35.6 Å². The number of aliphatic imine (C=N–C) groups is 1. The molecule has 1 aromatic heterocycles. The molecular weight excluding hydrogens is 443 g/mol. The van der Waals surface area contributed by atoms with Crippen LogP contribution in [-0.2, 0) is 6.54 Å². The summed E-state index contributed by atoms with van der Waals surface area (Å²) in [6, 6.07) is 10.9. The monoisotopic (exact) mass is 462 g/mol. The highest BCUT2D eigenvalue weighted by Crippen LogP contribution is 2.08. The first-order valence-electron chi connectivity index (χ1n) is 7.19. The Balaban J connectivity index is 0.00000288. The van der Waals surface area contributed by atoms with Gasteiger partial charge in [0.05, 0.1) is 6.26 Å². The second-order valence-electron chi connectivity index (χ2n) is 4.71. The molecule has 0 radical (unpaired) electrons. The normalized spacial score (nSPS) is 10.7. The topological polar surface area (TPSA) is 78.7 Å². The van der Waals surface area contributed by atoms with Crippen LogP contribution in [-0.4, -0.2) is 32.0 Å². The fourth-order valence-corrected chi connectivity index (χ4v) is 1.99. The average molecular weight is 463 g/mol. The Hall–Kier alpha value is -1.74. The number of carbonyl (C=O) groups excluding carboxylic acids is 1. The third-order valence-corrected chi connectivity index (χ3v) is 3.30. The predicted octanol–water partition coefficient (Wildman–Crippen LogP) is 2.65. The first-order valence-corrected chi connectivity index (χ1v) is 7.57. The Kier molecular flexibility index (Phi) is 9.24. The molecule has 6 nitrogen and oxygen atoms in total. The molecule has 2 aromatic rings. The van der Waals surface area contributed by atoms with E-state index in [0.717, 1.165) is 5.56 Å². The molecule has 8 heteroatoms. The van der Waals surface area contributed by atoms with Crippen LogP contribution in [0.15, 0.2) is 52.1 Å². The van der Waals surface area contributed by atoms with Crippen LogP contribution in [0.2, 0.25) is 5.02 Å². The Morgan fingerprint density at radius 3 is 2.46 bits per heavy atom. The van der Waals surface area contributed by atoms with Crippen molar-refractivity contribution in [2.75, 3.05) is 20.1 Å². The smallest absolute Gasteiger partial charge is 0.287 e. The standard InChI is InChI=1S/C16H19ClN4O2.HI/c1-18-16(21-11-12-4-6-13(17)7-5-12)20-9-8-19-15(22)14-3-2-10-23-14;/h2-7,10H,8-9,11H2,1H3,(H,19,22)(H2,18,20,21);1H. The number of nitrogens with zero attached hydrogens (tertiary/aromatic N) is 1. The van der Waals surface area contributed by atoms with Crippen molar-refractivity contribution in [3.05, 3.63) is 59.0 Å². The summed E-state index contributed by atoms with van der Waals surface area (Å²) in [4.78, 5) is 15.8. The van der Waals surface area contributed by atoms with Crippen LogP contribution in [0, 0.1) is 0 Å². The molecule has 0 atom stereocenters. The van der Waals surface area contributed by atoms with E-state index in [4.69, 9.17) is 16.0 Å². The third kappa shape index (κ3) is 6.79. The highest BCUT2D eigenvalue weighted by molar-refractivity contribution is 14.0. The highest BCUT2D eigenvalue weighted by Gasteiger charge is 2.06. The number of halogens is 2. The molecule has 0 unspecified atom stereocenters. The van der Waals surface area contributed by atoms with E-state index in [1.54, 1.807) is 19.2 Å². The molecule has 3 N–H and O–H groups in total. The van der Waals surface area contributed by atoms with Crippen molar-refractivity contribution in [1.82, 2.24) is 16.0 Å². The molecule has 2 rings (SSSR count). The molecule has 0 saturated heterocycles. The summed E-state index contributed by atoms with van der Waals surface area (Å²) in [6.45, 7) is 1.64. The SMILES string of the molecule is CN=C(NCCNC(=O)c1ccco1)NCc1ccc(Cl)cc1.I. The molecule has 0 bridgehead atoms. The summed E-state index contributed by atoms with van der Waals surface area (Å²) in [6.07, 6.45) is 1.47. The quantitative estimate of drug-likeness (QED) is 0.267. The van der Waals surface area contributed by atoms with Gasteiger partial charge >= 0.3 is 0 Å². The van der Waals surface area contributed by atoms with Crippen LogP contribution in [0.4, 0.5) is 0 Å². The van der Waals surface area contributed by atoms with Gasteiger partial charge in [-0.3, -0.25) is 9.79 Å². The number of amides is 1. The van der Waals surface area contributed by atoms with E-state index in [-0.39, 0.29) is 29.9 Å². The summed E-state index contributed by atoms with van der Waals surface area (Å²) >= 11 is 5.85. The number of benzene rings is 1. The van der Waals surface area contributed by atoms with Gasteiger partial charge in [0.15, 0.2) is 11.7 Å². The Labute approximate surface area is 163 Å². The van der Waals surface area contributed by atoms with Crippen LogP contribution in [0.1, 0.15) is 16.1 Å². The number of furan rings is 1. The van der Waals surface area contributed by atoms with E-state index >= 15 is 0 Å². The minimum absolute atomic E-state index is 0. The molecule has 1 heterocycles. The maximum atomic E-state index is 11.7. The van der Waals surface area contributed by atoms with Gasteiger partial charge in [-0.05, 0) is 29.8 Å². The zero-order valence-corrected chi connectivity index (χ0v) is 16.3. The van der Waals surface area contributed by atoms with Crippen molar-refractivity contribution in [2.24, 2.45) is 4.99 Å². The molecular formula is C16H20ClIN4O2. The van der Waals surface area contributed by atoms with Crippen molar-refractivity contribution in [2.45, 2.75) is 6.54 Å². The Morgan fingerprint density at radius 2 is 1.83 bits per heavy atom. The average Bonchev–Trinajstić information content (AvgIpc) is 3.10. The molecule has 0 saturated carbocycles. The maximum Gasteiger partial charge on any atom is 0.287 e. The molecule has 1 amide bonds. The summed E-state index contributed by atoms with van der Waals surface area (Å²) in [7, 11) is 1.69. The van der Waals surface area contributed by atoms with E-state index in [2.05, 4.69) is 20.9 Å². The number of hydrogen-bond donors (Lipinski definition) is 3. The third-order valence-electron chi connectivity index (χ3n) is 3.04. The Bertz CT molecular complexity index is 645. The van der Waals surface area contributed by atoms with Gasteiger partial charge < -0.3 is 20.4 Å². The van der Waals surface area contributed by atoms with Crippen LogP contribution < -0.4 is 16.0 Å². The first kappa shape index (κ1) is 20.3. The molecule has 0 aliphatic carbocycles. The lowest BCUT2D eigenvalue weighted by Crippen LogP contribution is -2.41. The second-order valence-corrected chi connectivity index (χ2v) is 5.15. The largest absolute Gasteiger partial charge is 0.459 e. The molecule has 0 spiro atoms. The van der Waals surface area contributed by atoms with Gasteiger partial charge in [-0.25, -0.2) is 0 Å².